The number of hydrogen-bond acceptors (Lipinski definition) is 3. The van der Waals surface area contributed by atoms with Gasteiger partial charge in [-0.25, -0.2) is 0 Å². The molecule has 2 amide bonds. The largest absolute Gasteiger partial charge is 0.344 e. The van der Waals surface area contributed by atoms with Gasteiger partial charge in [-0.1, -0.05) is 18.2 Å². The summed E-state index contributed by atoms with van der Waals surface area (Å²) in [6.45, 7) is 3.20. The minimum absolute atomic E-state index is 0.0439. The van der Waals surface area contributed by atoms with Crippen molar-refractivity contribution in [3.63, 3.8) is 0 Å². The number of benzene rings is 1. The van der Waals surface area contributed by atoms with Gasteiger partial charge in [-0.05, 0) is 43.7 Å². The monoisotopic (exact) mass is 341 g/mol. The number of carbonyl (C=O) groups is 2. The van der Waals surface area contributed by atoms with Gasteiger partial charge in [0.15, 0.2) is 0 Å². The number of pyridine rings is 1. The lowest BCUT2D eigenvalue weighted by Crippen LogP contribution is -2.49. The van der Waals surface area contributed by atoms with Gasteiger partial charge in [-0.15, -0.1) is 0 Å². The van der Waals surface area contributed by atoms with Crippen molar-refractivity contribution < 1.29 is 9.59 Å². The highest BCUT2D eigenvalue weighted by Gasteiger charge is 2.23. The number of para-hydroxylation sites is 1. The Kier molecular flexibility index (Phi) is 5.16. The van der Waals surface area contributed by atoms with Crippen molar-refractivity contribution in [1.82, 2.24) is 15.2 Å². The summed E-state index contributed by atoms with van der Waals surface area (Å²) in [6.07, 6.45) is 3.13. The zero-order valence-electron chi connectivity index (χ0n) is 14.4. The first-order valence-electron chi connectivity index (χ1n) is 8.73. The molecule has 2 heterocycles. The van der Waals surface area contributed by atoms with E-state index in [1.807, 2.05) is 24.3 Å². The van der Waals surface area contributed by atoms with Crippen molar-refractivity contribution in [2.24, 2.45) is 0 Å². The molecule has 0 saturated carbocycles. The first-order chi connectivity index (χ1) is 12.0. The summed E-state index contributed by atoms with van der Waals surface area (Å²) >= 11 is 0. The minimum atomic E-state index is -0.579. The fourth-order valence-corrected chi connectivity index (χ4v) is 3.24. The van der Waals surface area contributed by atoms with E-state index >= 15 is 0 Å². The van der Waals surface area contributed by atoms with Gasteiger partial charge in [0, 0.05) is 24.2 Å². The molecule has 1 aliphatic heterocycles. The van der Waals surface area contributed by atoms with Crippen LogP contribution in [0.2, 0.25) is 0 Å². The maximum Gasteiger partial charge on any atom is 0.252 e. The maximum absolute atomic E-state index is 12.4. The smallest absolute Gasteiger partial charge is 0.252 e. The van der Waals surface area contributed by atoms with E-state index in [-0.39, 0.29) is 23.8 Å². The summed E-state index contributed by atoms with van der Waals surface area (Å²) in [5.74, 6) is -0.376. The molecule has 0 spiro atoms. The van der Waals surface area contributed by atoms with E-state index in [1.54, 1.807) is 17.9 Å². The molecule has 25 heavy (non-hydrogen) atoms. The van der Waals surface area contributed by atoms with E-state index in [4.69, 9.17) is 0 Å². The van der Waals surface area contributed by atoms with Crippen LogP contribution in [-0.4, -0.2) is 40.8 Å². The molecule has 0 unspecified atom stereocenters. The van der Waals surface area contributed by atoms with Gasteiger partial charge in [0.05, 0.1) is 6.42 Å². The molecular formula is C19H23N3O3. The molecule has 1 aliphatic rings. The van der Waals surface area contributed by atoms with Gasteiger partial charge in [-0.3, -0.25) is 14.4 Å². The average Bonchev–Trinajstić information content (AvgIpc) is 2.62. The summed E-state index contributed by atoms with van der Waals surface area (Å²) in [7, 11) is 0. The SMILES string of the molecule is C[C@H](NC(=O)Cc1cc2ccccc2[nH]c1=O)C(=O)N1CCCCC1. The van der Waals surface area contributed by atoms with E-state index < -0.39 is 6.04 Å². The molecule has 3 rings (SSSR count). The summed E-state index contributed by atoms with van der Waals surface area (Å²) in [4.78, 5) is 41.3. The number of nitrogens with one attached hydrogen (secondary N) is 2. The van der Waals surface area contributed by atoms with Crippen molar-refractivity contribution in [2.75, 3.05) is 13.1 Å². The number of rotatable bonds is 4. The summed E-state index contributed by atoms with van der Waals surface area (Å²) in [6, 6.07) is 8.58. The third-order valence-corrected chi connectivity index (χ3v) is 4.60. The highest BCUT2D eigenvalue weighted by atomic mass is 16.2. The van der Waals surface area contributed by atoms with Gasteiger partial charge < -0.3 is 15.2 Å². The van der Waals surface area contributed by atoms with E-state index in [2.05, 4.69) is 10.3 Å². The molecule has 2 aromatic rings. The number of hydrogen-bond donors (Lipinski definition) is 2. The van der Waals surface area contributed by atoms with Crippen LogP contribution in [0.3, 0.4) is 0 Å². The molecule has 1 atom stereocenters. The topological polar surface area (TPSA) is 82.3 Å². The Bertz CT molecular complexity index is 837. The highest BCUT2D eigenvalue weighted by Crippen LogP contribution is 2.11. The Morgan fingerprint density at radius 2 is 1.92 bits per heavy atom. The van der Waals surface area contributed by atoms with Gasteiger partial charge in [0.1, 0.15) is 6.04 Å². The predicted octanol–water partition coefficient (Wildman–Crippen LogP) is 1.59. The normalized spacial score (nSPS) is 15.8. The number of carbonyl (C=O) groups excluding carboxylic acids is 2. The Morgan fingerprint density at radius 1 is 1.20 bits per heavy atom. The molecule has 0 aliphatic carbocycles. The van der Waals surface area contributed by atoms with Gasteiger partial charge in [0.2, 0.25) is 11.8 Å². The van der Waals surface area contributed by atoms with E-state index in [1.165, 1.54) is 0 Å². The molecule has 2 N–H and O–H groups in total. The zero-order valence-corrected chi connectivity index (χ0v) is 14.4. The summed E-state index contributed by atoms with van der Waals surface area (Å²) < 4.78 is 0. The maximum atomic E-state index is 12.4. The Hall–Kier alpha value is -2.63. The van der Waals surface area contributed by atoms with Gasteiger partial charge >= 0.3 is 0 Å². The first kappa shape index (κ1) is 17.2. The lowest BCUT2D eigenvalue weighted by Gasteiger charge is -2.29. The third-order valence-electron chi connectivity index (χ3n) is 4.60. The number of likely N-dealkylation sites (tertiary alicyclic amines) is 1. The van der Waals surface area contributed by atoms with Crippen molar-refractivity contribution >= 4 is 22.7 Å². The van der Waals surface area contributed by atoms with E-state index in [0.29, 0.717) is 5.56 Å². The summed E-state index contributed by atoms with van der Waals surface area (Å²) in [5.41, 5.74) is 0.864. The van der Waals surface area contributed by atoms with Crippen molar-refractivity contribution in [2.45, 2.75) is 38.6 Å². The fraction of sp³-hybridized carbons (Fsp3) is 0.421. The van der Waals surface area contributed by atoms with Crippen LogP contribution < -0.4 is 10.9 Å². The number of aromatic nitrogens is 1. The first-order valence-corrected chi connectivity index (χ1v) is 8.73. The Balaban J connectivity index is 1.65. The second-order valence-electron chi connectivity index (χ2n) is 6.56. The molecule has 6 heteroatoms. The minimum Gasteiger partial charge on any atom is -0.344 e. The van der Waals surface area contributed by atoms with Crippen LogP contribution >= 0.6 is 0 Å². The highest BCUT2D eigenvalue weighted by molar-refractivity contribution is 5.88. The molecule has 132 valence electrons. The molecule has 1 aromatic heterocycles. The molecule has 1 fully saturated rings. The predicted molar refractivity (Wildman–Crippen MR) is 96.3 cm³/mol. The van der Waals surface area contributed by atoms with Crippen molar-refractivity contribution in [3.05, 3.63) is 46.2 Å². The van der Waals surface area contributed by atoms with Crippen LogP contribution in [0.1, 0.15) is 31.7 Å². The van der Waals surface area contributed by atoms with Crippen LogP contribution in [0.5, 0.6) is 0 Å². The number of amides is 2. The molecule has 1 saturated heterocycles. The summed E-state index contributed by atoms with van der Waals surface area (Å²) in [5, 5.41) is 3.59. The van der Waals surface area contributed by atoms with Crippen molar-refractivity contribution in [1.29, 1.82) is 0 Å². The van der Waals surface area contributed by atoms with Crippen LogP contribution in [0, 0.1) is 0 Å². The molecular weight excluding hydrogens is 318 g/mol. The standard InChI is InChI=1S/C19H23N3O3/c1-13(19(25)22-9-5-2-6-10-22)20-17(23)12-15-11-14-7-3-4-8-16(14)21-18(15)24/h3-4,7-8,11,13H,2,5-6,9-10,12H2,1H3,(H,20,23)(H,21,24)/t13-/m0/s1. The average molecular weight is 341 g/mol. The van der Waals surface area contributed by atoms with Crippen LogP contribution in [0.4, 0.5) is 0 Å². The fourth-order valence-electron chi connectivity index (χ4n) is 3.24. The molecule has 1 aromatic carbocycles. The van der Waals surface area contributed by atoms with Crippen molar-refractivity contribution in [3.8, 4) is 0 Å². The number of aromatic amines is 1. The lowest BCUT2D eigenvalue weighted by molar-refractivity contribution is -0.136. The van der Waals surface area contributed by atoms with Crippen LogP contribution in [0.25, 0.3) is 10.9 Å². The lowest BCUT2D eigenvalue weighted by atomic mass is 10.1. The molecule has 0 radical (unpaired) electrons. The number of fused-ring (bicyclic) bond motifs is 1. The number of piperidine rings is 1. The van der Waals surface area contributed by atoms with Crippen LogP contribution in [-0.2, 0) is 16.0 Å². The van der Waals surface area contributed by atoms with Gasteiger partial charge in [0.25, 0.3) is 5.56 Å². The van der Waals surface area contributed by atoms with Crippen LogP contribution in [0.15, 0.2) is 35.1 Å². The second kappa shape index (κ2) is 7.51. The second-order valence-corrected chi connectivity index (χ2v) is 6.56. The molecule has 0 bridgehead atoms. The third kappa shape index (κ3) is 4.07. The van der Waals surface area contributed by atoms with Gasteiger partial charge in [-0.2, -0.15) is 0 Å². The number of nitrogens with zero attached hydrogens (tertiary/aromatic N) is 1. The Labute approximate surface area is 146 Å². The quantitative estimate of drug-likeness (QED) is 0.886. The van der Waals surface area contributed by atoms with E-state index in [0.717, 1.165) is 43.3 Å². The van der Waals surface area contributed by atoms with E-state index in [9.17, 15) is 14.4 Å². The molecule has 6 nitrogen and oxygen atoms in total. The zero-order chi connectivity index (χ0) is 17.8. The Morgan fingerprint density at radius 3 is 2.68 bits per heavy atom. The number of H-pyrrole nitrogens is 1.